The van der Waals surface area contributed by atoms with Crippen LogP contribution in [0.15, 0.2) is 59.0 Å². The molecule has 7 nitrogen and oxygen atoms in total. The van der Waals surface area contributed by atoms with Crippen molar-refractivity contribution in [3.63, 3.8) is 0 Å². The molecule has 0 spiro atoms. The van der Waals surface area contributed by atoms with Gasteiger partial charge in [-0.2, -0.15) is 0 Å². The quantitative estimate of drug-likeness (QED) is 0.537. The van der Waals surface area contributed by atoms with Gasteiger partial charge in [0.05, 0.1) is 13.7 Å². The third kappa shape index (κ3) is 4.63. The van der Waals surface area contributed by atoms with Crippen LogP contribution in [0.4, 0.5) is 0 Å². The Labute approximate surface area is 174 Å². The number of benzene rings is 2. The van der Waals surface area contributed by atoms with Gasteiger partial charge in [-0.25, -0.2) is 9.59 Å². The fourth-order valence-corrected chi connectivity index (χ4v) is 3.07. The van der Waals surface area contributed by atoms with Crippen molar-refractivity contribution in [2.24, 2.45) is 0 Å². The fourth-order valence-electron chi connectivity index (χ4n) is 3.07. The summed E-state index contributed by atoms with van der Waals surface area (Å²) in [6, 6.07) is 16.5. The minimum atomic E-state index is -1.16. The van der Waals surface area contributed by atoms with Gasteiger partial charge in [-0.15, -0.1) is 0 Å². The number of furan rings is 1. The summed E-state index contributed by atoms with van der Waals surface area (Å²) >= 11 is 0. The summed E-state index contributed by atoms with van der Waals surface area (Å²) in [6.45, 7) is 3.86. The number of rotatable bonds is 9. The highest BCUT2D eigenvalue weighted by Gasteiger charge is 2.36. The Hall–Kier alpha value is -3.32. The first-order valence-corrected chi connectivity index (χ1v) is 9.67. The predicted octanol–water partition coefficient (Wildman–Crippen LogP) is 3.71. The molecule has 0 aliphatic carbocycles. The minimum Gasteiger partial charge on any atom is -0.491 e. The van der Waals surface area contributed by atoms with Crippen molar-refractivity contribution >= 4 is 22.9 Å². The summed E-state index contributed by atoms with van der Waals surface area (Å²) in [6.07, 6.45) is 0. The molecule has 0 fully saturated rings. The molecule has 1 aromatic heterocycles. The molecule has 7 heteroatoms. The molecule has 30 heavy (non-hydrogen) atoms. The Bertz CT molecular complexity index is 1010. The van der Waals surface area contributed by atoms with E-state index in [4.69, 9.17) is 18.6 Å². The van der Waals surface area contributed by atoms with E-state index < -0.39 is 17.5 Å². The zero-order chi connectivity index (χ0) is 21.6. The number of ether oxygens (including phenoxy) is 3. The summed E-state index contributed by atoms with van der Waals surface area (Å²) in [4.78, 5) is 24.9. The van der Waals surface area contributed by atoms with Gasteiger partial charge in [0.15, 0.2) is 0 Å². The number of hydrogen-bond acceptors (Lipinski definition) is 7. The second-order valence-corrected chi connectivity index (χ2v) is 6.91. The van der Waals surface area contributed by atoms with Gasteiger partial charge in [0.2, 0.25) is 5.76 Å². The summed E-state index contributed by atoms with van der Waals surface area (Å²) in [7, 11) is 1.32. The van der Waals surface area contributed by atoms with Crippen molar-refractivity contribution in [1.29, 1.82) is 0 Å². The molecule has 2 aromatic carbocycles. The Morgan fingerprint density at radius 1 is 1.07 bits per heavy atom. The number of esters is 2. The number of nitrogens with one attached hydrogen (secondary N) is 1. The third-order valence-corrected chi connectivity index (χ3v) is 4.72. The fraction of sp³-hybridized carbons (Fsp3) is 0.304. The lowest BCUT2D eigenvalue weighted by Gasteiger charge is -2.28. The van der Waals surface area contributed by atoms with Crippen LogP contribution in [0.2, 0.25) is 0 Å². The standard InChI is InChI=1S/C23H25NO6/c1-4-28-21(25)20-18(17-12-8-9-13-19(17)30-20)14-24-23(2,22(26)27-3)15-29-16-10-6-5-7-11-16/h5-13,24H,4,14-15H2,1-3H3. The maximum absolute atomic E-state index is 12.5. The molecule has 158 valence electrons. The van der Waals surface area contributed by atoms with Crippen LogP contribution >= 0.6 is 0 Å². The normalized spacial score (nSPS) is 12.9. The van der Waals surface area contributed by atoms with E-state index in [9.17, 15) is 9.59 Å². The van der Waals surface area contributed by atoms with Crippen LogP contribution in [-0.4, -0.2) is 37.8 Å². The highest BCUT2D eigenvalue weighted by Crippen LogP contribution is 2.27. The van der Waals surface area contributed by atoms with Crippen LogP contribution in [0.1, 0.15) is 30.0 Å². The van der Waals surface area contributed by atoms with Gasteiger partial charge < -0.3 is 18.6 Å². The van der Waals surface area contributed by atoms with Gasteiger partial charge in [-0.3, -0.25) is 5.32 Å². The monoisotopic (exact) mass is 411 g/mol. The van der Waals surface area contributed by atoms with Crippen LogP contribution in [0.25, 0.3) is 11.0 Å². The van der Waals surface area contributed by atoms with Crippen molar-refractivity contribution in [1.82, 2.24) is 5.32 Å². The van der Waals surface area contributed by atoms with Gasteiger partial charge in [0, 0.05) is 17.5 Å². The summed E-state index contributed by atoms with van der Waals surface area (Å²) in [5.41, 5.74) is 0.0195. The van der Waals surface area contributed by atoms with E-state index in [0.29, 0.717) is 16.9 Å². The first kappa shape index (κ1) is 21.4. The minimum absolute atomic E-state index is 0.0359. The molecule has 0 saturated carbocycles. The molecule has 0 aliphatic heterocycles. The summed E-state index contributed by atoms with van der Waals surface area (Å²) in [5.74, 6) is -0.285. The molecular formula is C23H25NO6. The van der Waals surface area contributed by atoms with E-state index in [1.54, 1.807) is 32.0 Å². The highest BCUT2D eigenvalue weighted by molar-refractivity contribution is 5.96. The molecular weight excluding hydrogens is 386 g/mol. The van der Waals surface area contributed by atoms with Crippen molar-refractivity contribution in [2.45, 2.75) is 25.9 Å². The molecule has 3 aromatic rings. The van der Waals surface area contributed by atoms with E-state index >= 15 is 0 Å². The molecule has 0 aliphatic rings. The van der Waals surface area contributed by atoms with Crippen LogP contribution in [0.5, 0.6) is 5.75 Å². The van der Waals surface area contributed by atoms with E-state index in [-0.39, 0.29) is 25.5 Å². The number of para-hydroxylation sites is 2. The molecule has 0 saturated heterocycles. The van der Waals surface area contributed by atoms with Gasteiger partial charge in [0.25, 0.3) is 0 Å². The van der Waals surface area contributed by atoms with Crippen LogP contribution in [0.3, 0.4) is 0 Å². The van der Waals surface area contributed by atoms with Crippen molar-refractivity contribution in [2.75, 3.05) is 20.3 Å². The van der Waals surface area contributed by atoms with Gasteiger partial charge in [-0.1, -0.05) is 36.4 Å². The maximum Gasteiger partial charge on any atom is 0.374 e. The van der Waals surface area contributed by atoms with E-state index in [1.807, 2.05) is 36.4 Å². The van der Waals surface area contributed by atoms with Crippen LogP contribution in [-0.2, 0) is 20.8 Å². The second-order valence-electron chi connectivity index (χ2n) is 6.91. The van der Waals surface area contributed by atoms with Crippen molar-refractivity contribution in [3.8, 4) is 5.75 Å². The molecule has 0 amide bonds. The van der Waals surface area contributed by atoms with Crippen molar-refractivity contribution < 1.29 is 28.2 Å². The zero-order valence-corrected chi connectivity index (χ0v) is 17.3. The third-order valence-electron chi connectivity index (χ3n) is 4.72. The number of fused-ring (bicyclic) bond motifs is 1. The molecule has 1 unspecified atom stereocenters. The largest absolute Gasteiger partial charge is 0.491 e. The molecule has 1 atom stereocenters. The SMILES string of the molecule is CCOC(=O)c1oc2ccccc2c1CNC(C)(COc1ccccc1)C(=O)OC. The summed E-state index contributed by atoms with van der Waals surface area (Å²) < 4.78 is 21.6. The molecule has 3 rings (SSSR count). The molecule has 1 N–H and O–H groups in total. The highest BCUT2D eigenvalue weighted by atomic mass is 16.5. The molecule has 0 bridgehead atoms. The van der Waals surface area contributed by atoms with E-state index in [2.05, 4.69) is 5.32 Å². The van der Waals surface area contributed by atoms with E-state index in [0.717, 1.165) is 5.39 Å². The van der Waals surface area contributed by atoms with Gasteiger partial charge >= 0.3 is 11.9 Å². The molecule has 1 heterocycles. The lowest BCUT2D eigenvalue weighted by atomic mass is 10.0. The Morgan fingerprint density at radius 3 is 2.47 bits per heavy atom. The first-order chi connectivity index (χ1) is 14.5. The van der Waals surface area contributed by atoms with Crippen LogP contribution < -0.4 is 10.1 Å². The second kappa shape index (κ2) is 9.45. The smallest absolute Gasteiger partial charge is 0.374 e. The van der Waals surface area contributed by atoms with E-state index in [1.165, 1.54) is 7.11 Å². The number of carbonyl (C=O) groups excluding carboxylic acids is 2. The first-order valence-electron chi connectivity index (χ1n) is 9.67. The van der Waals surface area contributed by atoms with Crippen molar-refractivity contribution in [3.05, 3.63) is 65.9 Å². The Morgan fingerprint density at radius 2 is 1.77 bits per heavy atom. The zero-order valence-electron chi connectivity index (χ0n) is 17.3. The molecule has 0 radical (unpaired) electrons. The van der Waals surface area contributed by atoms with Gasteiger partial charge in [-0.05, 0) is 32.0 Å². The number of hydrogen-bond donors (Lipinski definition) is 1. The number of carbonyl (C=O) groups is 2. The summed E-state index contributed by atoms with van der Waals surface area (Å²) in [5, 5.41) is 3.95. The average Bonchev–Trinajstić information content (AvgIpc) is 3.15. The Kier molecular flexibility index (Phi) is 6.74. The Balaban J connectivity index is 1.86. The lowest BCUT2D eigenvalue weighted by Crippen LogP contribution is -2.54. The lowest BCUT2D eigenvalue weighted by molar-refractivity contribution is -0.149. The number of methoxy groups -OCH3 is 1. The van der Waals surface area contributed by atoms with Crippen LogP contribution in [0, 0.1) is 0 Å². The predicted molar refractivity (Wildman–Crippen MR) is 111 cm³/mol. The topological polar surface area (TPSA) is 87.0 Å². The van der Waals surface area contributed by atoms with Gasteiger partial charge in [0.1, 0.15) is 23.5 Å². The average molecular weight is 411 g/mol. The maximum atomic E-state index is 12.5.